The predicted octanol–water partition coefficient (Wildman–Crippen LogP) is 6.22. The van der Waals surface area contributed by atoms with Crippen LogP contribution in [0.2, 0.25) is 0 Å². The molecular formula is C22H17F6N3O3S3. The number of para-hydroxylation sites is 1. The molecule has 0 atom stereocenters. The summed E-state index contributed by atoms with van der Waals surface area (Å²) in [5, 5.41) is 0. The molecule has 0 saturated heterocycles. The predicted molar refractivity (Wildman–Crippen MR) is 129 cm³/mol. The highest BCUT2D eigenvalue weighted by Crippen LogP contribution is 2.44. The summed E-state index contributed by atoms with van der Waals surface area (Å²) in [7, 11) is -4.22. The molecule has 6 nitrogen and oxygen atoms in total. The van der Waals surface area contributed by atoms with Crippen molar-refractivity contribution < 1.29 is 34.8 Å². The number of alkyl halides is 6. The topological polar surface area (TPSA) is 81.1 Å². The normalized spacial score (nSPS) is 13.1. The lowest BCUT2D eigenvalue weighted by atomic mass is 10.1. The Kier molecular flexibility index (Phi) is 7.25. The van der Waals surface area contributed by atoms with Crippen LogP contribution in [0, 0.1) is 12.8 Å². The van der Waals surface area contributed by atoms with Crippen LogP contribution in [0.25, 0.3) is 15.9 Å². The number of hydrogen-bond acceptors (Lipinski definition) is 6. The Morgan fingerprint density at radius 2 is 1.65 bits per heavy atom. The molecule has 0 amide bonds. The van der Waals surface area contributed by atoms with Gasteiger partial charge in [0.2, 0.25) is 0 Å². The maximum atomic E-state index is 13.0. The number of thioether (sulfide) groups is 1. The third-order valence-electron chi connectivity index (χ3n) is 5.34. The van der Waals surface area contributed by atoms with Gasteiger partial charge in [0.05, 0.1) is 19.3 Å². The molecule has 0 aliphatic carbocycles. The number of nitrogens with one attached hydrogen (secondary N) is 1. The lowest BCUT2D eigenvalue weighted by molar-refractivity contribution is -0.284. The molecule has 4 rings (SSSR count). The fourth-order valence-corrected chi connectivity index (χ4v) is 7.07. The van der Waals surface area contributed by atoms with E-state index in [-0.39, 0.29) is 20.6 Å². The van der Waals surface area contributed by atoms with E-state index in [2.05, 4.69) is 9.71 Å². The van der Waals surface area contributed by atoms with Gasteiger partial charge in [-0.15, -0.1) is 23.1 Å². The van der Waals surface area contributed by atoms with E-state index < -0.39 is 46.2 Å². The second kappa shape index (κ2) is 9.83. The van der Waals surface area contributed by atoms with Crippen molar-refractivity contribution in [2.45, 2.75) is 34.8 Å². The average Bonchev–Trinajstić information content (AvgIpc) is 3.10. The smallest absolute Gasteiger partial charge is 0.261 e. The Bertz CT molecular complexity index is 1550. The Morgan fingerprint density at radius 3 is 2.27 bits per heavy atom. The summed E-state index contributed by atoms with van der Waals surface area (Å²) in [6, 6.07) is 12.3. The molecule has 0 aromatic heterocycles. The number of nitrogens with zero attached hydrogens (tertiary/aromatic N) is 2. The third-order valence-corrected chi connectivity index (χ3v) is 9.14. The molecule has 2 aromatic carbocycles. The van der Waals surface area contributed by atoms with Gasteiger partial charge in [-0.2, -0.15) is 31.3 Å². The molecule has 0 fully saturated rings. The molecule has 198 valence electrons. The number of anilines is 1. The van der Waals surface area contributed by atoms with E-state index in [9.17, 15) is 39.6 Å². The second-order valence-corrected chi connectivity index (χ2v) is 12.1. The van der Waals surface area contributed by atoms with E-state index in [1.165, 1.54) is 12.1 Å². The van der Waals surface area contributed by atoms with Crippen LogP contribution in [0.5, 0.6) is 0 Å². The number of sulfonamides is 1. The van der Waals surface area contributed by atoms with Gasteiger partial charge < -0.3 is 0 Å². The summed E-state index contributed by atoms with van der Waals surface area (Å²) in [6.07, 6.45) is -12.2. The monoisotopic (exact) mass is 581 g/mol. The molecule has 1 N–H and O–H groups in total. The number of rotatable bonds is 7. The SMILES string of the molecule is Cc1ccc(S(=O)(=O)Nc2nc(=O)n3c4ccccc4sc(SCCC(C(F)(F)F)C(F)(F)F)c2-3)cc1. The molecule has 0 spiro atoms. The molecule has 2 aromatic rings. The third kappa shape index (κ3) is 5.72. The van der Waals surface area contributed by atoms with Crippen molar-refractivity contribution in [2.24, 2.45) is 5.92 Å². The highest BCUT2D eigenvalue weighted by atomic mass is 32.2. The van der Waals surface area contributed by atoms with Crippen LogP contribution in [-0.4, -0.2) is 36.1 Å². The van der Waals surface area contributed by atoms with E-state index in [0.29, 0.717) is 22.0 Å². The zero-order valence-electron chi connectivity index (χ0n) is 18.7. The molecule has 2 aliphatic rings. The molecular weight excluding hydrogens is 564 g/mol. The molecule has 0 saturated carbocycles. The first-order valence-electron chi connectivity index (χ1n) is 10.5. The van der Waals surface area contributed by atoms with E-state index in [0.717, 1.165) is 21.5 Å². The number of benzene rings is 2. The quantitative estimate of drug-likeness (QED) is 0.207. The molecule has 0 bridgehead atoms. The van der Waals surface area contributed by atoms with Crippen LogP contribution in [-0.2, 0) is 10.0 Å². The summed E-state index contributed by atoms with van der Waals surface area (Å²) < 4.78 is 108. The van der Waals surface area contributed by atoms with Gasteiger partial charge in [-0.25, -0.2) is 13.2 Å². The first kappa shape index (κ1) is 27.3. The van der Waals surface area contributed by atoms with Gasteiger partial charge in [0.25, 0.3) is 10.0 Å². The minimum atomic E-state index is -5.48. The molecule has 37 heavy (non-hydrogen) atoms. The number of fused-ring (bicyclic) bond motifs is 3. The zero-order valence-corrected chi connectivity index (χ0v) is 21.2. The van der Waals surface area contributed by atoms with E-state index in [1.54, 1.807) is 43.3 Å². The van der Waals surface area contributed by atoms with Gasteiger partial charge in [-0.05, 0) is 43.4 Å². The highest BCUT2D eigenvalue weighted by Gasteiger charge is 2.55. The van der Waals surface area contributed by atoms with Gasteiger partial charge in [0.1, 0.15) is 5.69 Å². The summed E-state index contributed by atoms with van der Waals surface area (Å²) in [5.74, 6) is -4.50. The van der Waals surface area contributed by atoms with Crippen LogP contribution in [0.1, 0.15) is 12.0 Å². The summed E-state index contributed by atoms with van der Waals surface area (Å²) in [5.41, 5.74) is 0.251. The lowest BCUT2D eigenvalue weighted by Crippen LogP contribution is -2.36. The number of imidazole rings is 1. The standard InChI is InChI=1S/C22H17F6N3O3S3/c1-12-6-8-13(9-7-12)37(33,34)30-18-17-19(35-11-10-16(21(23,24)25)22(26,27)28)36-15-5-3-2-4-14(15)31(17)20(32)29-18/h2-9,16H,10-11H2,1H3,(H,29,30,32). The average molecular weight is 582 g/mol. The van der Waals surface area contributed by atoms with Gasteiger partial charge in [0.15, 0.2) is 11.7 Å². The maximum Gasteiger partial charge on any atom is 0.400 e. The Morgan fingerprint density at radius 1 is 1.03 bits per heavy atom. The highest BCUT2D eigenvalue weighted by molar-refractivity contribution is 8.01. The first-order valence-corrected chi connectivity index (χ1v) is 13.8. The Labute approximate surface area is 214 Å². The van der Waals surface area contributed by atoms with Gasteiger partial charge in [-0.1, -0.05) is 29.8 Å². The molecule has 0 unspecified atom stereocenters. The minimum absolute atomic E-state index is 0.0510. The van der Waals surface area contributed by atoms with Crippen molar-refractivity contribution in [3.05, 3.63) is 64.6 Å². The summed E-state index contributed by atoms with van der Waals surface area (Å²) >= 11 is 1.66. The van der Waals surface area contributed by atoms with E-state index >= 15 is 0 Å². The van der Waals surface area contributed by atoms with E-state index in [1.807, 2.05) is 0 Å². The van der Waals surface area contributed by atoms with Gasteiger partial charge in [0, 0.05) is 0 Å². The second-order valence-electron chi connectivity index (χ2n) is 7.98. The van der Waals surface area contributed by atoms with Crippen molar-refractivity contribution >= 4 is 49.2 Å². The van der Waals surface area contributed by atoms with Crippen molar-refractivity contribution in [3.63, 3.8) is 0 Å². The van der Waals surface area contributed by atoms with Crippen LogP contribution < -0.4 is 10.4 Å². The number of hydrogen-bond donors (Lipinski definition) is 1. The van der Waals surface area contributed by atoms with Crippen molar-refractivity contribution in [2.75, 3.05) is 10.5 Å². The van der Waals surface area contributed by atoms with Crippen molar-refractivity contribution in [3.8, 4) is 5.69 Å². The van der Waals surface area contributed by atoms with Gasteiger partial charge >= 0.3 is 18.0 Å². The van der Waals surface area contributed by atoms with Crippen LogP contribution >= 0.6 is 23.1 Å². The van der Waals surface area contributed by atoms with Gasteiger partial charge in [-0.3, -0.25) is 9.29 Å². The maximum absolute atomic E-state index is 13.0. The summed E-state index contributed by atoms with van der Waals surface area (Å²) in [4.78, 5) is 16.5. The fourth-order valence-electron chi connectivity index (χ4n) is 3.54. The minimum Gasteiger partial charge on any atom is -0.261 e. The fraction of sp³-hybridized carbons (Fsp3) is 0.273. The van der Waals surface area contributed by atoms with Crippen LogP contribution in [0.3, 0.4) is 0 Å². The van der Waals surface area contributed by atoms with E-state index in [4.69, 9.17) is 0 Å². The Balaban J connectivity index is 1.76. The number of halogens is 6. The first-order chi connectivity index (χ1) is 17.2. The number of aromatic nitrogens is 2. The largest absolute Gasteiger partial charge is 0.400 e. The van der Waals surface area contributed by atoms with Crippen LogP contribution in [0.15, 0.2) is 62.4 Å². The zero-order chi connectivity index (χ0) is 27.2. The summed E-state index contributed by atoms with van der Waals surface area (Å²) in [6.45, 7) is 1.76. The number of aryl methyl sites for hydroxylation is 1. The Hall–Kier alpha value is -2.78. The molecule has 2 heterocycles. The van der Waals surface area contributed by atoms with Crippen molar-refractivity contribution in [1.82, 2.24) is 9.55 Å². The molecule has 15 heteroatoms. The van der Waals surface area contributed by atoms with Crippen LogP contribution in [0.4, 0.5) is 32.2 Å². The van der Waals surface area contributed by atoms with Crippen molar-refractivity contribution in [1.29, 1.82) is 0 Å². The lowest BCUT2D eigenvalue weighted by Gasteiger charge is -2.22. The molecule has 2 aliphatic heterocycles. The molecule has 0 radical (unpaired) electrons.